The van der Waals surface area contributed by atoms with Crippen molar-refractivity contribution in [2.24, 2.45) is 0 Å². The topological polar surface area (TPSA) is 67.9 Å². The van der Waals surface area contributed by atoms with E-state index in [4.69, 9.17) is 9.47 Å². The van der Waals surface area contributed by atoms with Crippen molar-refractivity contribution in [3.63, 3.8) is 0 Å². The monoisotopic (exact) mass is 384 g/mol. The molecule has 6 nitrogen and oxygen atoms in total. The number of amides is 2. The van der Waals surface area contributed by atoms with E-state index in [2.05, 4.69) is 5.32 Å². The SMILES string of the molecule is CCC(=O)N(Cc1ccc(OC)cc1)[C@H](C(=O)NCCOC)c1ccccc1. The summed E-state index contributed by atoms with van der Waals surface area (Å²) in [6, 6.07) is 16.1. The number of carbonyl (C=O) groups is 2. The Morgan fingerprint density at radius 1 is 1.04 bits per heavy atom. The highest BCUT2D eigenvalue weighted by Gasteiger charge is 2.30. The van der Waals surface area contributed by atoms with Crippen LogP contribution in [0.2, 0.25) is 0 Å². The van der Waals surface area contributed by atoms with Gasteiger partial charge >= 0.3 is 0 Å². The van der Waals surface area contributed by atoms with Crippen LogP contribution in [0.4, 0.5) is 0 Å². The molecule has 0 radical (unpaired) electrons. The molecular formula is C22H28N2O4. The van der Waals surface area contributed by atoms with Gasteiger partial charge in [-0.1, -0.05) is 49.4 Å². The first kappa shape index (κ1) is 21.4. The van der Waals surface area contributed by atoms with Gasteiger partial charge in [-0.15, -0.1) is 0 Å². The maximum absolute atomic E-state index is 13.0. The van der Waals surface area contributed by atoms with E-state index in [1.165, 1.54) is 0 Å². The van der Waals surface area contributed by atoms with E-state index < -0.39 is 6.04 Å². The van der Waals surface area contributed by atoms with Gasteiger partial charge in [0.05, 0.1) is 13.7 Å². The summed E-state index contributed by atoms with van der Waals surface area (Å²) in [5.74, 6) is 0.430. The van der Waals surface area contributed by atoms with E-state index in [-0.39, 0.29) is 11.8 Å². The second-order valence-corrected chi connectivity index (χ2v) is 6.32. The van der Waals surface area contributed by atoms with Gasteiger partial charge in [-0.2, -0.15) is 0 Å². The number of hydrogen-bond acceptors (Lipinski definition) is 4. The fourth-order valence-corrected chi connectivity index (χ4v) is 2.94. The first-order chi connectivity index (χ1) is 13.6. The molecule has 0 spiro atoms. The lowest BCUT2D eigenvalue weighted by Gasteiger charge is -2.31. The van der Waals surface area contributed by atoms with Crippen LogP contribution in [0.25, 0.3) is 0 Å². The van der Waals surface area contributed by atoms with E-state index in [0.29, 0.717) is 26.1 Å². The van der Waals surface area contributed by atoms with Gasteiger partial charge in [-0.3, -0.25) is 9.59 Å². The normalized spacial score (nSPS) is 11.5. The molecule has 0 heterocycles. The van der Waals surface area contributed by atoms with Gasteiger partial charge in [0.15, 0.2) is 0 Å². The molecule has 0 aromatic heterocycles. The molecule has 0 aliphatic carbocycles. The van der Waals surface area contributed by atoms with Gasteiger partial charge in [0.2, 0.25) is 11.8 Å². The summed E-state index contributed by atoms with van der Waals surface area (Å²) in [6.45, 7) is 2.92. The van der Waals surface area contributed by atoms with Gasteiger partial charge in [-0.25, -0.2) is 0 Å². The Bertz CT molecular complexity index is 747. The molecule has 1 atom stereocenters. The standard InChI is InChI=1S/C22H28N2O4/c1-4-20(25)24(16-17-10-12-19(28-3)13-11-17)21(18-8-6-5-7-9-18)22(26)23-14-15-27-2/h5-13,21H,4,14-16H2,1-3H3,(H,23,26)/t21-/m0/s1. The van der Waals surface area contributed by atoms with Gasteiger partial charge < -0.3 is 19.7 Å². The molecule has 2 rings (SSSR count). The zero-order chi connectivity index (χ0) is 20.4. The lowest BCUT2D eigenvalue weighted by atomic mass is 10.0. The summed E-state index contributed by atoms with van der Waals surface area (Å²) in [5.41, 5.74) is 1.70. The van der Waals surface area contributed by atoms with Gasteiger partial charge in [0.25, 0.3) is 0 Å². The van der Waals surface area contributed by atoms with Crippen LogP contribution in [-0.2, 0) is 20.9 Å². The fourth-order valence-electron chi connectivity index (χ4n) is 2.94. The second kappa shape index (κ2) is 11.1. The predicted octanol–water partition coefficient (Wildman–Crippen LogP) is 2.94. The molecular weight excluding hydrogens is 356 g/mol. The smallest absolute Gasteiger partial charge is 0.247 e. The summed E-state index contributed by atoms with van der Waals surface area (Å²) in [5, 5.41) is 2.87. The fraction of sp³-hybridized carbons (Fsp3) is 0.364. The van der Waals surface area contributed by atoms with Crippen molar-refractivity contribution >= 4 is 11.8 Å². The van der Waals surface area contributed by atoms with Crippen molar-refractivity contribution in [1.82, 2.24) is 10.2 Å². The molecule has 2 aromatic rings. The maximum Gasteiger partial charge on any atom is 0.247 e. The number of ether oxygens (including phenoxy) is 2. The number of nitrogens with zero attached hydrogens (tertiary/aromatic N) is 1. The van der Waals surface area contributed by atoms with Crippen molar-refractivity contribution in [3.05, 3.63) is 65.7 Å². The zero-order valence-electron chi connectivity index (χ0n) is 16.7. The minimum atomic E-state index is -0.715. The Labute approximate surface area is 166 Å². The first-order valence-corrected chi connectivity index (χ1v) is 9.34. The van der Waals surface area contributed by atoms with E-state index >= 15 is 0 Å². The van der Waals surface area contributed by atoms with E-state index in [1.54, 1.807) is 26.0 Å². The molecule has 1 N–H and O–H groups in total. The number of hydrogen-bond donors (Lipinski definition) is 1. The number of rotatable bonds is 10. The lowest BCUT2D eigenvalue weighted by molar-refractivity contribution is -0.141. The minimum absolute atomic E-state index is 0.0911. The third kappa shape index (κ3) is 5.82. The first-order valence-electron chi connectivity index (χ1n) is 9.34. The van der Waals surface area contributed by atoms with Crippen molar-refractivity contribution in [2.75, 3.05) is 27.4 Å². The van der Waals surface area contributed by atoms with E-state index in [9.17, 15) is 9.59 Å². The summed E-state index contributed by atoms with van der Waals surface area (Å²) in [4.78, 5) is 27.4. The second-order valence-electron chi connectivity index (χ2n) is 6.32. The third-order valence-electron chi connectivity index (χ3n) is 4.42. The molecule has 2 aromatic carbocycles. The van der Waals surface area contributed by atoms with Gasteiger partial charge in [-0.05, 0) is 23.3 Å². The van der Waals surface area contributed by atoms with Crippen LogP contribution in [0.1, 0.15) is 30.5 Å². The van der Waals surface area contributed by atoms with Crippen LogP contribution in [0.3, 0.4) is 0 Å². The Balaban J connectivity index is 2.34. The van der Waals surface area contributed by atoms with E-state index in [1.807, 2.05) is 54.6 Å². The molecule has 0 bridgehead atoms. The summed E-state index contributed by atoms with van der Waals surface area (Å²) >= 11 is 0. The van der Waals surface area contributed by atoms with Crippen LogP contribution in [0.15, 0.2) is 54.6 Å². The van der Waals surface area contributed by atoms with Crippen LogP contribution >= 0.6 is 0 Å². The molecule has 2 amide bonds. The highest BCUT2D eigenvalue weighted by molar-refractivity contribution is 5.88. The molecule has 28 heavy (non-hydrogen) atoms. The van der Waals surface area contributed by atoms with Crippen LogP contribution < -0.4 is 10.1 Å². The maximum atomic E-state index is 13.0. The largest absolute Gasteiger partial charge is 0.497 e. The summed E-state index contributed by atoms with van der Waals surface area (Å²) in [6.07, 6.45) is 0.310. The van der Waals surface area contributed by atoms with Crippen molar-refractivity contribution in [3.8, 4) is 5.75 Å². The third-order valence-corrected chi connectivity index (χ3v) is 4.42. The number of carbonyl (C=O) groups excluding carboxylic acids is 2. The quantitative estimate of drug-likeness (QED) is 0.640. The Morgan fingerprint density at radius 2 is 1.71 bits per heavy atom. The Morgan fingerprint density at radius 3 is 2.29 bits per heavy atom. The number of benzene rings is 2. The number of nitrogens with one attached hydrogen (secondary N) is 1. The van der Waals surface area contributed by atoms with Crippen LogP contribution in [0, 0.1) is 0 Å². The summed E-state index contributed by atoms with van der Waals surface area (Å²) in [7, 11) is 3.19. The lowest BCUT2D eigenvalue weighted by Crippen LogP contribution is -2.44. The Hall–Kier alpha value is -2.86. The van der Waals surface area contributed by atoms with Crippen molar-refractivity contribution in [2.45, 2.75) is 25.9 Å². The average Bonchev–Trinajstić information content (AvgIpc) is 2.74. The van der Waals surface area contributed by atoms with Crippen LogP contribution in [0.5, 0.6) is 5.75 Å². The molecule has 6 heteroatoms. The van der Waals surface area contributed by atoms with Crippen LogP contribution in [-0.4, -0.2) is 44.1 Å². The zero-order valence-corrected chi connectivity index (χ0v) is 16.7. The summed E-state index contributed by atoms with van der Waals surface area (Å²) < 4.78 is 10.2. The predicted molar refractivity (Wildman–Crippen MR) is 108 cm³/mol. The van der Waals surface area contributed by atoms with Crippen molar-refractivity contribution < 1.29 is 19.1 Å². The number of methoxy groups -OCH3 is 2. The van der Waals surface area contributed by atoms with Gasteiger partial charge in [0.1, 0.15) is 11.8 Å². The molecule has 0 saturated carbocycles. The van der Waals surface area contributed by atoms with E-state index in [0.717, 1.165) is 16.9 Å². The average molecular weight is 384 g/mol. The molecule has 0 fully saturated rings. The molecule has 0 aliphatic rings. The highest BCUT2D eigenvalue weighted by Crippen LogP contribution is 2.25. The molecule has 0 aliphatic heterocycles. The van der Waals surface area contributed by atoms with Gasteiger partial charge in [0, 0.05) is 26.6 Å². The molecule has 150 valence electrons. The molecule has 0 saturated heterocycles. The highest BCUT2D eigenvalue weighted by atomic mass is 16.5. The Kier molecular flexibility index (Phi) is 8.49. The molecule has 0 unspecified atom stereocenters. The van der Waals surface area contributed by atoms with Crippen molar-refractivity contribution in [1.29, 1.82) is 0 Å². The minimum Gasteiger partial charge on any atom is -0.497 e.